The fraction of sp³-hybridized carbons (Fsp3) is 0.682. The second-order valence-electron chi connectivity index (χ2n) is 8.44. The van der Waals surface area contributed by atoms with Crippen molar-refractivity contribution >= 4 is 16.8 Å². The quantitative estimate of drug-likeness (QED) is 0.514. The molecule has 1 saturated heterocycles. The van der Waals surface area contributed by atoms with Gasteiger partial charge in [-0.2, -0.15) is 0 Å². The topological polar surface area (TPSA) is 56.7 Å². The Labute approximate surface area is 173 Å². The van der Waals surface area contributed by atoms with E-state index in [-0.39, 0.29) is 4.75 Å². The molecule has 5 nitrogen and oxygen atoms in total. The van der Waals surface area contributed by atoms with E-state index < -0.39 is 10.8 Å². The molecule has 1 heterocycles. The predicted octanol–water partition coefficient (Wildman–Crippen LogP) is 3.27. The largest absolute Gasteiger partial charge is 0.357 e. The number of piperidine rings is 1. The van der Waals surface area contributed by atoms with E-state index in [0.717, 1.165) is 19.0 Å². The van der Waals surface area contributed by atoms with E-state index >= 15 is 0 Å². The highest BCUT2D eigenvalue weighted by Crippen LogP contribution is 2.14. The van der Waals surface area contributed by atoms with Gasteiger partial charge in [0, 0.05) is 40.9 Å². The molecule has 0 radical (unpaired) electrons. The molecule has 0 aromatic heterocycles. The third-order valence-electron chi connectivity index (χ3n) is 4.90. The summed E-state index contributed by atoms with van der Waals surface area (Å²) in [6.45, 7) is 13.7. The number of nitrogens with zero attached hydrogens (tertiary/aromatic N) is 2. The summed E-state index contributed by atoms with van der Waals surface area (Å²) < 4.78 is 12.0. The van der Waals surface area contributed by atoms with Crippen LogP contribution in [0.2, 0.25) is 0 Å². The van der Waals surface area contributed by atoms with Crippen molar-refractivity contribution < 1.29 is 4.21 Å². The molecule has 1 aliphatic heterocycles. The second-order valence-corrected chi connectivity index (χ2v) is 10.8. The molecule has 2 rings (SSSR count). The SMILES string of the molecule is CCNC(=NCc1ccc(CN2CCCCC2)cc1)NCCS(=O)C(C)(C)C. The molecular formula is C22H38N4OS. The molecule has 0 spiro atoms. The van der Waals surface area contributed by atoms with Crippen LogP contribution in [0.4, 0.5) is 0 Å². The van der Waals surface area contributed by atoms with Gasteiger partial charge in [-0.25, -0.2) is 4.99 Å². The van der Waals surface area contributed by atoms with Crippen LogP contribution in [0.1, 0.15) is 58.1 Å². The smallest absolute Gasteiger partial charge is 0.191 e. The van der Waals surface area contributed by atoms with Crippen LogP contribution in [0, 0.1) is 0 Å². The lowest BCUT2D eigenvalue weighted by Crippen LogP contribution is -2.40. The number of guanidine groups is 1. The van der Waals surface area contributed by atoms with E-state index in [4.69, 9.17) is 0 Å². The van der Waals surface area contributed by atoms with Crippen molar-refractivity contribution in [1.82, 2.24) is 15.5 Å². The maximum Gasteiger partial charge on any atom is 0.191 e. The lowest BCUT2D eigenvalue weighted by molar-refractivity contribution is 0.221. The van der Waals surface area contributed by atoms with Crippen LogP contribution < -0.4 is 10.6 Å². The molecule has 0 saturated carbocycles. The van der Waals surface area contributed by atoms with Crippen LogP contribution >= 0.6 is 0 Å². The van der Waals surface area contributed by atoms with Gasteiger partial charge < -0.3 is 10.6 Å². The molecule has 28 heavy (non-hydrogen) atoms. The standard InChI is InChI=1S/C22H38N4OS/c1-5-23-21(24-13-16-28(27)22(2,3)4)25-17-19-9-11-20(12-10-19)18-26-14-7-6-8-15-26/h9-12H,5-8,13-18H2,1-4H3,(H2,23,24,25). The fourth-order valence-corrected chi connectivity index (χ4v) is 4.11. The van der Waals surface area contributed by atoms with Crippen molar-refractivity contribution in [3.63, 3.8) is 0 Å². The van der Waals surface area contributed by atoms with E-state index in [1.54, 1.807) is 0 Å². The van der Waals surface area contributed by atoms with Crippen LogP contribution in [0.25, 0.3) is 0 Å². The Kier molecular flexibility index (Phi) is 9.45. The minimum atomic E-state index is -0.853. The van der Waals surface area contributed by atoms with Crippen LogP contribution in [0.15, 0.2) is 29.3 Å². The van der Waals surface area contributed by atoms with Crippen LogP contribution in [-0.2, 0) is 23.9 Å². The summed E-state index contributed by atoms with van der Waals surface area (Å²) in [5.74, 6) is 1.41. The zero-order chi connectivity index (χ0) is 20.4. The molecule has 6 heteroatoms. The lowest BCUT2D eigenvalue weighted by Gasteiger charge is -2.26. The van der Waals surface area contributed by atoms with Gasteiger partial charge in [-0.1, -0.05) is 30.7 Å². The summed E-state index contributed by atoms with van der Waals surface area (Å²) in [5, 5.41) is 6.56. The molecule has 2 N–H and O–H groups in total. The Hall–Kier alpha value is -1.40. The van der Waals surface area contributed by atoms with E-state index in [1.807, 2.05) is 20.8 Å². The van der Waals surface area contributed by atoms with Crippen LogP contribution in [0.5, 0.6) is 0 Å². The van der Waals surface area contributed by atoms with Gasteiger partial charge in [0.05, 0.1) is 6.54 Å². The Morgan fingerprint density at radius 1 is 1.07 bits per heavy atom. The van der Waals surface area contributed by atoms with Crippen molar-refractivity contribution in [2.45, 2.75) is 64.8 Å². The molecule has 1 aromatic carbocycles. The number of hydrogen-bond acceptors (Lipinski definition) is 3. The average Bonchev–Trinajstić information content (AvgIpc) is 2.67. The first-order valence-corrected chi connectivity index (χ1v) is 11.9. The summed E-state index contributed by atoms with van der Waals surface area (Å²) in [5.41, 5.74) is 2.59. The molecule has 158 valence electrons. The second kappa shape index (κ2) is 11.6. The van der Waals surface area contributed by atoms with Gasteiger partial charge >= 0.3 is 0 Å². The normalized spacial score (nSPS) is 17.4. The van der Waals surface area contributed by atoms with Gasteiger partial charge in [0.2, 0.25) is 0 Å². The monoisotopic (exact) mass is 406 g/mol. The van der Waals surface area contributed by atoms with Crippen molar-refractivity contribution in [1.29, 1.82) is 0 Å². The van der Waals surface area contributed by atoms with Crippen molar-refractivity contribution in [2.24, 2.45) is 4.99 Å². The number of hydrogen-bond donors (Lipinski definition) is 2. The third-order valence-corrected chi connectivity index (χ3v) is 6.85. The molecule has 0 aliphatic carbocycles. The van der Waals surface area contributed by atoms with Gasteiger partial charge in [-0.3, -0.25) is 9.11 Å². The first kappa shape index (κ1) is 22.9. The molecule has 1 fully saturated rings. The Balaban J connectivity index is 1.83. The third kappa shape index (κ3) is 8.31. The lowest BCUT2D eigenvalue weighted by atomic mass is 10.1. The van der Waals surface area contributed by atoms with E-state index in [9.17, 15) is 4.21 Å². The highest BCUT2D eigenvalue weighted by Gasteiger charge is 2.18. The number of aliphatic imine (C=N–C) groups is 1. The molecular weight excluding hydrogens is 368 g/mol. The Morgan fingerprint density at radius 3 is 2.32 bits per heavy atom. The Bertz CT molecular complexity index is 631. The summed E-state index contributed by atoms with van der Waals surface area (Å²) in [7, 11) is -0.853. The van der Waals surface area contributed by atoms with E-state index in [1.165, 1.54) is 43.5 Å². The Morgan fingerprint density at radius 2 is 1.71 bits per heavy atom. The van der Waals surface area contributed by atoms with Gasteiger partial charge in [0.15, 0.2) is 5.96 Å². The number of rotatable bonds is 8. The number of likely N-dealkylation sites (tertiary alicyclic amines) is 1. The molecule has 1 unspecified atom stereocenters. The maximum absolute atomic E-state index is 12.2. The highest BCUT2D eigenvalue weighted by atomic mass is 32.2. The van der Waals surface area contributed by atoms with Crippen LogP contribution in [-0.4, -0.2) is 51.7 Å². The van der Waals surface area contributed by atoms with Crippen LogP contribution in [0.3, 0.4) is 0 Å². The molecule has 1 aliphatic rings. The minimum absolute atomic E-state index is 0.173. The molecule has 0 amide bonds. The van der Waals surface area contributed by atoms with Gasteiger partial charge in [0.25, 0.3) is 0 Å². The number of nitrogens with one attached hydrogen (secondary N) is 2. The van der Waals surface area contributed by atoms with Crippen molar-refractivity contribution in [2.75, 3.05) is 31.9 Å². The first-order chi connectivity index (χ1) is 13.4. The molecule has 0 bridgehead atoms. The maximum atomic E-state index is 12.2. The van der Waals surface area contributed by atoms with E-state index in [2.05, 4.69) is 51.7 Å². The zero-order valence-electron chi connectivity index (χ0n) is 18.1. The highest BCUT2D eigenvalue weighted by molar-refractivity contribution is 7.86. The van der Waals surface area contributed by atoms with Gasteiger partial charge in [-0.05, 0) is 64.8 Å². The van der Waals surface area contributed by atoms with Gasteiger partial charge in [-0.15, -0.1) is 0 Å². The first-order valence-electron chi connectivity index (χ1n) is 10.6. The molecule has 1 atom stereocenters. The summed E-state index contributed by atoms with van der Waals surface area (Å²) in [6, 6.07) is 8.82. The summed E-state index contributed by atoms with van der Waals surface area (Å²) in [4.78, 5) is 7.22. The van der Waals surface area contributed by atoms with Gasteiger partial charge in [0.1, 0.15) is 0 Å². The zero-order valence-corrected chi connectivity index (χ0v) is 18.9. The summed E-state index contributed by atoms with van der Waals surface area (Å²) >= 11 is 0. The van der Waals surface area contributed by atoms with E-state index in [0.29, 0.717) is 18.8 Å². The number of benzene rings is 1. The summed E-state index contributed by atoms with van der Waals surface area (Å²) in [6.07, 6.45) is 4.04. The average molecular weight is 407 g/mol. The van der Waals surface area contributed by atoms with Crippen molar-refractivity contribution in [3.8, 4) is 0 Å². The van der Waals surface area contributed by atoms with Crippen molar-refractivity contribution in [3.05, 3.63) is 35.4 Å². The fourth-order valence-electron chi connectivity index (χ4n) is 3.21. The molecule has 1 aromatic rings. The predicted molar refractivity (Wildman–Crippen MR) is 121 cm³/mol. The minimum Gasteiger partial charge on any atom is -0.357 e.